The van der Waals surface area contributed by atoms with Crippen molar-refractivity contribution in [2.45, 2.75) is 25.3 Å². The Bertz CT molecular complexity index is 618. The first kappa shape index (κ1) is 14.1. The normalized spacial score (nSPS) is 18.4. The molecule has 110 valence electrons. The van der Waals surface area contributed by atoms with Gasteiger partial charge in [0.15, 0.2) is 0 Å². The van der Waals surface area contributed by atoms with Crippen molar-refractivity contribution in [3.8, 4) is 10.4 Å². The van der Waals surface area contributed by atoms with Gasteiger partial charge < -0.3 is 16.4 Å². The number of anilines is 2. The zero-order chi connectivity index (χ0) is 14.7. The lowest BCUT2D eigenvalue weighted by atomic mass is 10.0. The molecule has 1 aromatic carbocycles. The average molecular weight is 301 g/mol. The first-order valence-corrected chi connectivity index (χ1v) is 8.09. The molecule has 2 heterocycles. The van der Waals surface area contributed by atoms with Gasteiger partial charge in [-0.25, -0.2) is 0 Å². The van der Waals surface area contributed by atoms with Crippen LogP contribution in [0.1, 0.15) is 19.3 Å². The Balaban J connectivity index is 1.78. The van der Waals surface area contributed by atoms with Crippen LogP contribution in [0, 0.1) is 0 Å². The van der Waals surface area contributed by atoms with Crippen LogP contribution in [0.3, 0.4) is 0 Å². The van der Waals surface area contributed by atoms with Crippen LogP contribution in [0.4, 0.5) is 11.4 Å². The van der Waals surface area contributed by atoms with Crippen LogP contribution in [0.25, 0.3) is 10.4 Å². The van der Waals surface area contributed by atoms with E-state index in [1.165, 1.54) is 4.88 Å². The number of benzene rings is 1. The van der Waals surface area contributed by atoms with Gasteiger partial charge >= 0.3 is 0 Å². The monoisotopic (exact) mass is 301 g/mol. The fraction of sp³-hybridized carbons (Fsp3) is 0.312. The Kier molecular flexibility index (Phi) is 4.22. The van der Waals surface area contributed by atoms with E-state index in [4.69, 9.17) is 5.73 Å². The van der Waals surface area contributed by atoms with Crippen LogP contribution in [0.2, 0.25) is 0 Å². The number of carbonyl (C=O) groups excluding carboxylic acids is 1. The average Bonchev–Trinajstić information content (AvgIpc) is 3.04. The molecule has 2 aromatic rings. The van der Waals surface area contributed by atoms with E-state index in [2.05, 4.69) is 16.7 Å². The number of piperidine rings is 1. The molecule has 1 amide bonds. The van der Waals surface area contributed by atoms with E-state index in [0.29, 0.717) is 11.4 Å². The predicted molar refractivity (Wildman–Crippen MR) is 88.4 cm³/mol. The highest BCUT2D eigenvalue weighted by Gasteiger charge is 2.21. The van der Waals surface area contributed by atoms with Gasteiger partial charge in [-0.05, 0) is 48.5 Å². The fourth-order valence-electron chi connectivity index (χ4n) is 2.56. The molecule has 3 rings (SSSR count). The molecule has 4 nitrogen and oxygen atoms in total. The maximum absolute atomic E-state index is 12.3. The van der Waals surface area contributed by atoms with Crippen molar-refractivity contribution < 1.29 is 4.79 Å². The number of nitrogens with two attached hydrogens (primary N) is 1. The smallest absolute Gasteiger partial charge is 0.241 e. The van der Waals surface area contributed by atoms with E-state index in [1.54, 1.807) is 11.3 Å². The fourth-order valence-corrected chi connectivity index (χ4v) is 3.28. The van der Waals surface area contributed by atoms with Crippen LogP contribution < -0.4 is 16.4 Å². The Morgan fingerprint density at radius 3 is 2.95 bits per heavy atom. The standard InChI is InChI=1S/C16H19N3OS/c17-12-7-6-11(15-5-3-9-21-15)10-14(12)19-16(20)13-4-1-2-8-18-13/h3,5-7,9-10,13,18H,1-2,4,8,17H2,(H,19,20). The summed E-state index contributed by atoms with van der Waals surface area (Å²) in [5.74, 6) is 0.00438. The van der Waals surface area contributed by atoms with Crippen molar-refractivity contribution in [1.29, 1.82) is 0 Å². The van der Waals surface area contributed by atoms with E-state index in [0.717, 1.165) is 31.4 Å². The molecule has 1 unspecified atom stereocenters. The van der Waals surface area contributed by atoms with Gasteiger partial charge in [0.1, 0.15) is 0 Å². The second-order valence-electron chi connectivity index (χ2n) is 5.27. The summed E-state index contributed by atoms with van der Waals surface area (Å²) in [6.45, 7) is 0.906. The molecule has 1 aliphatic rings. The van der Waals surface area contributed by atoms with Crippen molar-refractivity contribution in [3.63, 3.8) is 0 Å². The van der Waals surface area contributed by atoms with Gasteiger partial charge in [-0.3, -0.25) is 4.79 Å². The van der Waals surface area contributed by atoms with Crippen LogP contribution in [0.15, 0.2) is 35.7 Å². The topological polar surface area (TPSA) is 67.1 Å². The Morgan fingerprint density at radius 2 is 2.24 bits per heavy atom. The molecule has 1 fully saturated rings. The van der Waals surface area contributed by atoms with Crippen molar-refractivity contribution in [2.75, 3.05) is 17.6 Å². The van der Waals surface area contributed by atoms with E-state index in [-0.39, 0.29) is 11.9 Å². The first-order valence-electron chi connectivity index (χ1n) is 7.22. The zero-order valence-electron chi connectivity index (χ0n) is 11.8. The van der Waals surface area contributed by atoms with Gasteiger partial charge in [-0.1, -0.05) is 18.6 Å². The lowest BCUT2D eigenvalue weighted by molar-refractivity contribution is -0.118. The summed E-state index contributed by atoms with van der Waals surface area (Å²) in [5.41, 5.74) is 8.35. The number of nitrogen functional groups attached to an aromatic ring is 1. The molecule has 21 heavy (non-hydrogen) atoms. The van der Waals surface area contributed by atoms with Crippen molar-refractivity contribution in [1.82, 2.24) is 5.32 Å². The van der Waals surface area contributed by atoms with Crippen LogP contribution in [-0.2, 0) is 4.79 Å². The summed E-state index contributed by atoms with van der Waals surface area (Å²) in [4.78, 5) is 13.5. The highest BCUT2D eigenvalue weighted by atomic mass is 32.1. The molecule has 0 aliphatic carbocycles. The Labute approximate surface area is 128 Å². The molecule has 0 radical (unpaired) electrons. The minimum atomic E-state index is -0.108. The molecule has 1 aliphatic heterocycles. The molecule has 1 aromatic heterocycles. The molecule has 0 spiro atoms. The van der Waals surface area contributed by atoms with Crippen LogP contribution in [0.5, 0.6) is 0 Å². The summed E-state index contributed by atoms with van der Waals surface area (Å²) >= 11 is 1.67. The third-order valence-electron chi connectivity index (χ3n) is 3.74. The highest BCUT2D eigenvalue weighted by Crippen LogP contribution is 2.30. The number of amides is 1. The third-order valence-corrected chi connectivity index (χ3v) is 4.66. The SMILES string of the molecule is Nc1ccc(-c2cccs2)cc1NC(=O)C1CCCCN1. The van der Waals surface area contributed by atoms with Gasteiger partial charge in [-0.15, -0.1) is 11.3 Å². The minimum Gasteiger partial charge on any atom is -0.397 e. The van der Waals surface area contributed by atoms with Gasteiger partial charge in [0.25, 0.3) is 0 Å². The molecular weight excluding hydrogens is 282 g/mol. The summed E-state index contributed by atoms with van der Waals surface area (Å²) in [7, 11) is 0. The van der Waals surface area contributed by atoms with E-state index < -0.39 is 0 Å². The van der Waals surface area contributed by atoms with E-state index in [1.807, 2.05) is 29.6 Å². The molecule has 0 bridgehead atoms. The lowest BCUT2D eigenvalue weighted by Crippen LogP contribution is -2.43. The predicted octanol–water partition coefficient (Wildman–Crippen LogP) is 3.08. The van der Waals surface area contributed by atoms with Crippen molar-refractivity contribution in [3.05, 3.63) is 35.7 Å². The largest absolute Gasteiger partial charge is 0.397 e. The van der Waals surface area contributed by atoms with Gasteiger partial charge in [0.05, 0.1) is 17.4 Å². The first-order chi connectivity index (χ1) is 10.2. The third kappa shape index (κ3) is 3.25. The molecule has 5 heteroatoms. The van der Waals surface area contributed by atoms with Gasteiger partial charge in [0.2, 0.25) is 5.91 Å². The van der Waals surface area contributed by atoms with Gasteiger partial charge in [-0.2, -0.15) is 0 Å². The van der Waals surface area contributed by atoms with Crippen molar-refractivity contribution >= 4 is 28.6 Å². The number of thiophene rings is 1. The second kappa shape index (κ2) is 6.28. The van der Waals surface area contributed by atoms with Crippen LogP contribution >= 0.6 is 11.3 Å². The van der Waals surface area contributed by atoms with E-state index in [9.17, 15) is 4.79 Å². The Hall–Kier alpha value is -1.85. The number of carbonyl (C=O) groups is 1. The molecule has 0 saturated carbocycles. The Morgan fingerprint density at radius 1 is 1.33 bits per heavy atom. The summed E-state index contributed by atoms with van der Waals surface area (Å²) < 4.78 is 0. The molecule has 1 atom stereocenters. The number of hydrogen-bond acceptors (Lipinski definition) is 4. The number of hydrogen-bond donors (Lipinski definition) is 3. The molecule has 1 saturated heterocycles. The maximum Gasteiger partial charge on any atom is 0.241 e. The number of nitrogens with one attached hydrogen (secondary N) is 2. The van der Waals surface area contributed by atoms with Crippen LogP contribution in [-0.4, -0.2) is 18.5 Å². The van der Waals surface area contributed by atoms with E-state index >= 15 is 0 Å². The highest BCUT2D eigenvalue weighted by molar-refractivity contribution is 7.13. The summed E-state index contributed by atoms with van der Waals surface area (Å²) in [6.07, 6.45) is 3.12. The second-order valence-corrected chi connectivity index (χ2v) is 6.22. The molecule has 4 N–H and O–H groups in total. The summed E-state index contributed by atoms with van der Waals surface area (Å²) in [5, 5.41) is 8.25. The summed E-state index contributed by atoms with van der Waals surface area (Å²) in [6, 6.07) is 9.74. The number of rotatable bonds is 3. The lowest BCUT2D eigenvalue weighted by Gasteiger charge is -2.23. The zero-order valence-corrected chi connectivity index (χ0v) is 12.6. The molecular formula is C16H19N3OS. The van der Waals surface area contributed by atoms with Gasteiger partial charge in [0, 0.05) is 4.88 Å². The quantitative estimate of drug-likeness (QED) is 0.763. The maximum atomic E-state index is 12.3. The van der Waals surface area contributed by atoms with Crippen molar-refractivity contribution in [2.24, 2.45) is 0 Å². The minimum absolute atomic E-state index is 0.00438.